The van der Waals surface area contributed by atoms with Crippen molar-refractivity contribution in [3.8, 4) is 23.3 Å². The number of rotatable bonds is 10. The fourth-order valence-corrected chi connectivity index (χ4v) is 4.63. The Balaban J connectivity index is 1.32. The van der Waals surface area contributed by atoms with E-state index in [4.69, 9.17) is 9.47 Å². The number of carbonyl (C=O) groups is 1. The van der Waals surface area contributed by atoms with Gasteiger partial charge in [-0.25, -0.2) is 22.8 Å². The van der Waals surface area contributed by atoms with Crippen molar-refractivity contribution in [1.82, 2.24) is 14.9 Å². The number of likely N-dealkylation sites (tertiary alicyclic amines) is 1. The van der Waals surface area contributed by atoms with Crippen molar-refractivity contribution >= 4 is 15.6 Å². The minimum Gasteiger partial charge on any atom is -0.474 e. The fraction of sp³-hybridized carbons (Fsp3) is 0.346. The number of nitrogens with zero attached hydrogens (tertiary/aromatic N) is 3. The smallest absolute Gasteiger partial charge is 0.387 e. The number of hydrogen-bond acceptors (Lipinski definition) is 9. The third kappa shape index (κ3) is 7.45. The van der Waals surface area contributed by atoms with Gasteiger partial charge in [-0.05, 0) is 62.2 Å². The van der Waals surface area contributed by atoms with E-state index < -0.39 is 22.3 Å². The molecule has 1 saturated heterocycles. The summed E-state index contributed by atoms with van der Waals surface area (Å²) in [4.78, 5) is 22.6. The van der Waals surface area contributed by atoms with Gasteiger partial charge in [0.05, 0.1) is 17.0 Å². The molecule has 0 bridgehead atoms. The number of sulfone groups is 1. The van der Waals surface area contributed by atoms with Gasteiger partial charge in [-0.2, -0.15) is 8.78 Å². The number of ether oxygens (including phenoxy) is 3. The third-order valence-electron chi connectivity index (χ3n) is 6.11. The molecule has 0 spiro atoms. The van der Waals surface area contributed by atoms with E-state index in [0.29, 0.717) is 37.1 Å². The summed E-state index contributed by atoms with van der Waals surface area (Å²) in [5.74, 6) is -0.846. The second-order valence-corrected chi connectivity index (χ2v) is 11.0. The van der Waals surface area contributed by atoms with Crippen molar-refractivity contribution in [2.45, 2.75) is 37.4 Å². The molecule has 1 aliphatic heterocycles. The molecule has 0 saturated carbocycles. The van der Waals surface area contributed by atoms with Crippen molar-refractivity contribution < 1.29 is 40.6 Å². The van der Waals surface area contributed by atoms with Crippen LogP contribution in [0, 0.1) is 12.7 Å². The molecular formula is C26H26F3N3O6S. The van der Waals surface area contributed by atoms with Crippen LogP contribution in [0.1, 0.15) is 28.8 Å². The van der Waals surface area contributed by atoms with Crippen molar-refractivity contribution in [2.24, 2.45) is 0 Å². The quantitative estimate of drug-likeness (QED) is 0.330. The van der Waals surface area contributed by atoms with Gasteiger partial charge < -0.3 is 14.2 Å². The zero-order chi connectivity index (χ0) is 28.2. The summed E-state index contributed by atoms with van der Waals surface area (Å²) in [5.41, 5.74) is 0.850. The monoisotopic (exact) mass is 565 g/mol. The molecule has 39 heavy (non-hydrogen) atoms. The van der Waals surface area contributed by atoms with Gasteiger partial charge in [0.2, 0.25) is 11.8 Å². The third-order valence-corrected chi connectivity index (χ3v) is 7.22. The van der Waals surface area contributed by atoms with Crippen LogP contribution in [0.2, 0.25) is 0 Å². The van der Waals surface area contributed by atoms with Crippen LogP contribution in [0.5, 0.6) is 23.3 Å². The number of halogens is 3. The first kappa shape index (κ1) is 28.3. The standard InChI is InChI=1S/C26H26F3N3O6S/c1-16-24(30-15-31-25(16)38-23-8-7-20(13-21(23)27)39(2,34)35)36-19-9-11-32(12-10-19)14-22(33)17-3-5-18(6-4-17)37-26(28)29/h3-8,13,15,19,26H,9-12,14H2,1-2H3. The summed E-state index contributed by atoms with van der Waals surface area (Å²) in [6.07, 6.45) is 3.27. The minimum absolute atomic E-state index is 0.0110. The molecule has 1 aliphatic rings. The van der Waals surface area contributed by atoms with Crippen LogP contribution < -0.4 is 14.2 Å². The summed E-state index contributed by atoms with van der Waals surface area (Å²) in [5, 5.41) is 0. The van der Waals surface area contributed by atoms with Crippen LogP contribution in [0.15, 0.2) is 53.7 Å². The van der Waals surface area contributed by atoms with Gasteiger partial charge in [-0.1, -0.05) is 0 Å². The highest BCUT2D eigenvalue weighted by atomic mass is 32.2. The predicted molar refractivity (Wildman–Crippen MR) is 134 cm³/mol. The largest absolute Gasteiger partial charge is 0.474 e. The average Bonchev–Trinajstić information content (AvgIpc) is 2.88. The normalized spacial score (nSPS) is 14.8. The van der Waals surface area contributed by atoms with Crippen LogP contribution >= 0.6 is 0 Å². The van der Waals surface area contributed by atoms with E-state index in [0.717, 1.165) is 12.3 Å². The van der Waals surface area contributed by atoms with E-state index in [1.165, 1.54) is 42.7 Å². The Bertz CT molecular complexity index is 1430. The molecule has 0 N–H and O–H groups in total. The first-order valence-corrected chi connectivity index (χ1v) is 13.8. The number of hydrogen-bond donors (Lipinski definition) is 0. The zero-order valence-electron chi connectivity index (χ0n) is 21.1. The van der Waals surface area contributed by atoms with Gasteiger partial charge in [0.25, 0.3) is 0 Å². The highest BCUT2D eigenvalue weighted by Gasteiger charge is 2.24. The molecule has 2 heterocycles. The van der Waals surface area contributed by atoms with Gasteiger partial charge in [-0.15, -0.1) is 0 Å². The van der Waals surface area contributed by atoms with E-state index >= 15 is 0 Å². The van der Waals surface area contributed by atoms with Crippen LogP contribution in [-0.4, -0.2) is 67.7 Å². The number of aromatic nitrogens is 2. The fourth-order valence-electron chi connectivity index (χ4n) is 4.00. The summed E-state index contributed by atoms with van der Waals surface area (Å²) in [6, 6.07) is 8.93. The molecule has 2 aromatic carbocycles. The Hall–Kier alpha value is -3.71. The van der Waals surface area contributed by atoms with Gasteiger partial charge in [0, 0.05) is 24.9 Å². The number of ketones is 1. The van der Waals surface area contributed by atoms with Gasteiger partial charge >= 0.3 is 6.61 Å². The first-order chi connectivity index (χ1) is 18.5. The van der Waals surface area contributed by atoms with E-state index in [1.54, 1.807) is 6.92 Å². The molecule has 0 unspecified atom stereocenters. The molecule has 3 aromatic rings. The SMILES string of the molecule is Cc1c(Oc2ccc(S(C)(=O)=O)cc2F)ncnc1OC1CCN(CC(=O)c2ccc(OC(F)F)cc2)CC1. The maximum atomic E-state index is 14.4. The summed E-state index contributed by atoms with van der Waals surface area (Å²) in [7, 11) is -3.57. The van der Waals surface area contributed by atoms with Gasteiger partial charge in [0.1, 0.15) is 18.2 Å². The Kier molecular flexibility index (Phi) is 8.70. The van der Waals surface area contributed by atoms with Gasteiger partial charge in [0.15, 0.2) is 27.2 Å². The molecule has 9 nitrogen and oxygen atoms in total. The molecule has 13 heteroatoms. The van der Waals surface area contributed by atoms with E-state index in [-0.39, 0.29) is 46.6 Å². The van der Waals surface area contributed by atoms with Crippen molar-refractivity contribution in [1.29, 1.82) is 0 Å². The van der Waals surface area contributed by atoms with Crippen LogP contribution in [0.4, 0.5) is 13.2 Å². The Labute approximate surface area is 223 Å². The molecule has 0 amide bonds. The molecule has 208 valence electrons. The Morgan fingerprint density at radius 1 is 1.08 bits per heavy atom. The molecule has 0 aliphatic carbocycles. The maximum absolute atomic E-state index is 14.4. The summed E-state index contributed by atoms with van der Waals surface area (Å²) in [6.45, 7) is 0.0989. The summed E-state index contributed by atoms with van der Waals surface area (Å²) >= 11 is 0. The predicted octanol–water partition coefficient (Wildman–Crippen LogP) is 4.45. The molecule has 0 radical (unpaired) electrons. The molecule has 1 aromatic heterocycles. The highest BCUT2D eigenvalue weighted by molar-refractivity contribution is 7.90. The first-order valence-electron chi connectivity index (χ1n) is 12.0. The number of piperidine rings is 1. The van der Waals surface area contributed by atoms with E-state index in [1.807, 2.05) is 4.90 Å². The van der Waals surface area contributed by atoms with Gasteiger partial charge in [-0.3, -0.25) is 9.69 Å². The Morgan fingerprint density at radius 3 is 2.36 bits per heavy atom. The lowest BCUT2D eigenvalue weighted by molar-refractivity contribution is -0.0498. The van der Waals surface area contributed by atoms with Crippen LogP contribution in [0.3, 0.4) is 0 Å². The molecule has 1 fully saturated rings. The zero-order valence-corrected chi connectivity index (χ0v) is 22.0. The second kappa shape index (κ2) is 12.0. The van der Waals surface area contributed by atoms with Crippen molar-refractivity contribution in [2.75, 3.05) is 25.9 Å². The lowest BCUT2D eigenvalue weighted by Crippen LogP contribution is -2.41. The van der Waals surface area contributed by atoms with Crippen LogP contribution in [0.25, 0.3) is 0 Å². The number of benzene rings is 2. The summed E-state index contributed by atoms with van der Waals surface area (Å²) < 4.78 is 78.2. The molecule has 0 atom stereocenters. The lowest BCUT2D eigenvalue weighted by Gasteiger charge is -2.31. The lowest BCUT2D eigenvalue weighted by atomic mass is 10.1. The second-order valence-electron chi connectivity index (χ2n) is 8.99. The highest BCUT2D eigenvalue weighted by Crippen LogP contribution is 2.31. The van der Waals surface area contributed by atoms with E-state index in [9.17, 15) is 26.4 Å². The maximum Gasteiger partial charge on any atom is 0.387 e. The number of alkyl halides is 2. The number of Topliss-reactive ketones (excluding diaryl/α,β-unsaturated/α-hetero) is 1. The average molecular weight is 566 g/mol. The van der Waals surface area contributed by atoms with Crippen LogP contribution in [-0.2, 0) is 9.84 Å². The number of carbonyl (C=O) groups excluding carboxylic acids is 1. The Morgan fingerprint density at radius 2 is 1.74 bits per heavy atom. The molecule has 4 rings (SSSR count). The molecular weight excluding hydrogens is 539 g/mol. The van der Waals surface area contributed by atoms with Crippen molar-refractivity contribution in [3.63, 3.8) is 0 Å². The van der Waals surface area contributed by atoms with Crippen molar-refractivity contribution in [3.05, 3.63) is 65.7 Å². The topological polar surface area (TPSA) is 108 Å². The minimum atomic E-state index is -3.57. The van der Waals surface area contributed by atoms with E-state index in [2.05, 4.69) is 14.7 Å².